The van der Waals surface area contributed by atoms with Gasteiger partial charge in [0.2, 0.25) is 15.9 Å². The van der Waals surface area contributed by atoms with Crippen LogP contribution >= 0.6 is 0 Å². The number of rotatable bonds is 8. The number of aryl methyl sites for hydroxylation is 1. The van der Waals surface area contributed by atoms with Gasteiger partial charge in [-0.3, -0.25) is 9.10 Å². The lowest BCUT2D eigenvalue weighted by molar-refractivity contribution is -0.116. The van der Waals surface area contributed by atoms with E-state index >= 15 is 0 Å². The van der Waals surface area contributed by atoms with Gasteiger partial charge in [-0.05, 0) is 67.4 Å². The minimum atomic E-state index is -3.71. The highest BCUT2D eigenvalue weighted by Crippen LogP contribution is 2.27. The highest BCUT2D eigenvalue weighted by Gasteiger charge is 2.29. The summed E-state index contributed by atoms with van der Waals surface area (Å²) in [5, 5.41) is 2.79. The number of ether oxygens (including phenoxy) is 1. The Labute approximate surface area is 183 Å². The summed E-state index contributed by atoms with van der Waals surface area (Å²) in [6, 6.07) is 22.4. The van der Waals surface area contributed by atoms with Gasteiger partial charge in [0.05, 0.1) is 11.9 Å². The predicted octanol–water partition coefficient (Wildman–Crippen LogP) is 4.83. The first-order chi connectivity index (χ1) is 14.8. The first kappa shape index (κ1) is 22.4. The van der Waals surface area contributed by atoms with Crippen molar-refractivity contribution in [3.05, 3.63) is 84.4 Å². The van der Waals surface area contributed by atoms with Crippen LogP contribution in [-0.4, -0.2) is 26.6 Å². The zero-order chi connectivity index (χ0) is 22.4. The number of nitrogens with zero attached hydrogens (tertiary/aromatic N) is 1. The van der Waals surface area contributed by atoms with Crippen molar-refractivity contribution in [1.82, 2.24) is 0 Å². The second-order valence-corrected chi connectivity index (χ2v) is 9.04. The van der Waals surface area contributed by atoms with Crippen molar-refractivity contribution in [3.63, 3.8) is 0 Å². The third-order valence-corrected chi connectivity index (χ3v) is 6.03. The summed E-state index contributed by atoms with van der Waals surface area (Å²) in [5.41, 5.74) is 2.16. The summed E-state index contributed by atoms with van der Waals surface area (Å²) in [6.45, 7) is 3.61. The van der Waals surface area contributed by atoms with E-state index in [2.05, 4.69) is 12.2 Å². The van der Waals surface area contributed by atoms with Gasteiger partial charge in [-0.2, -0.15) is 0 Å². The molecule has 1 N–H and O–H groups in total. The van der Waals surface area contributed by atoms with Crippen molar-refractivity contribution >= 4 is 27.3 Å². The van der Waals surface area contributed by atoms with Gasteiger partial charge in [0.15, 0.2) is 0 Å². The van der Waals surface area contributed by atoms with Gasteiger partial charge >= 0.3 is 0 Å². The highest BCUT2D eigenvalue weighted by molar-refractivity contribution is 7.92. The van der Waals surface area contributed by atoms with Crippen LogP contribution in [0, 0.1) is 0 Å². The third-order valence-electron chi connectivity index (χ3n) is 4.79. The van der Waals surface area contributed by atoms with Crippen molar-refractivity contribution in [2.24, 2.45) is 0 Å². The molecule has 1 amide bonds. The van der Waals surface area contributed by atoms with E-state index in [0.29, 0.717) is 22.9 Å². The molecular formula is C24H26N2O4S. The molecule has 0 unspecified atom stereocenters. The Balaban J connectivity index is 1.78. The standard InChI is InChI=1S/C24H26N2O4S/c1-4-19-10-12-20(13-11-19)25-24(27)18(2)26(31(3,28)29)21-14-16-23(17-15-21)30-22-8-6-5-7-9-22/h5-18H,4H2,1-3H3,(H,25,27)/t18-/m0/s1. The van der Waals surface area contributed by atoms with E-state index < -0.39 is 22.0 Å². The summed E-state index contributed by atoms with van der Waals surface area (Å²) in [7, 11) is -3.71. The van der Waals surface area contributed by atoms with Crippen LogP contribution in [0.1, 0.15) is 19.4 Å². The summed E-state index contributed by atoms with van der Waals surface area (Å²) >= 11 is 0. The number of hydrogen-bond acceptors (Lipinski definition) is 4. The molecule has 3 aromatic carbocycles. The Kier molecular flexibility index (Phi) is 6.97. The molecule has 0 saturated carbocycles. The van der Waals surface area contributed by atoms with Crippen LogP contribution in [0.5, 0.6) is 11.5 Å². The quantitative estimate of drug-likeness (QED) is 0.546. The highest BCUT2D eigenvalue weighted by atomic mass is 32.2. The summed E-state index contributed by atoms with van der Waals surface area (Å²) < 4.78 is 31.9. The van der Waals surface area contributed by atoms with Crippen molar-refractivity contribution in [1.29, 1.82) is 0 Å². The number of hydrogen-bond donors (Lipinski definition) is 1. The molecule has 0 bridgehead atoms. The van der Waals surface area contributed by atoms with Gasteiger partial charge in [0.1, 0.15) is 17.5 Å². The van der Waals surface area contributed by atoms with E-state index in [1.54, 1.807) is 31.2 Å². The van der Waals surface area contributed by atoms with Crippen molar-refractivity contribution in [3.8, 4) is 11.5 Å². The number of carbonyl (C=O) groups is 1. The first-order valence-corrected chi connectivity index (χ1v) is 11.8. The molecule has 0 aliphatic carbocycles. The number of benzene rings is 3. The molecule has 0 heterocycles. The largest absolute Gasteiger partial charge is 0.457 e. The fraction of sp³-hybridized carbons (Fsp3) is 0.208. The van der Waals surface area contributed by atoms with Gasteiger partial charge < -0.3 is 10.1 Å². The van der Waals surface area contributed by atoms with Gasteiger partial charge in [-0.25, -0.2) is 8.42 Å². The molecule has 3 rings (SSSR count). The van der Waals surface area contributed by atoms with Crippen LogP contribution in [0.2, 0.25) is 0 Å². The smallest absolute Gasteiger partial charge is 0.247 e. The average Bonchev–Trinajstić information content (AvgIpc) is 2.75. The van der Waals surface area contributed by atoms with Gasteiger partial charge in [0, 0.05) is 5.69 Å². The summed E-state index contributed by atoms with van der Waals surface area (Å²) in [6.07, 6.45) is 1.98. The Morgan fingerprint density at radius 1 is 0.935 bits per heavy atom. The molecule has 0 aromatic heterocycles. The van der Waals surface area contributed by atoms with Crippen molar-refractivity contribution in [2.75, 3.05) is 15.9 Å². The second-order valence-electron chi connectivity index (χ2n) is 7.18. The number of sulfonamides is 1. The van der Waals surface area contributed by atoms with Crippen LogP contribution in [0.4, 0.5) is 11.4 Å². The van der Waals surface area contributed by atoms with Gasteiger partial charge in [-0.15, -0.1) is 0 Å². The lowest BCUT2D eigenvalue weighted by Gasteiger charge is -2.28. The van der Waals surface area contributed by atoms with E-state index in [1.807, 2.05) is 54.6 Å². The minimum absolute atomic E-state index is 0.381. The molecule has 0 saturated heterocycles. The topological polar surface area (TPSA) is 75.7 Å². The molecule has 3 aromatic rings. The maximum Gasteiger partial charge on any atom is 0.247 e. The zero-order valence-corrected chi connectivity index (χ0v) is 18.6. The second kappa shape index (κ2) is 9.66. The van der Waals surface area contributed by atoms with Crippen LogP contribution in [-0.2, 0) is 21.2 Å². The molecule has 6 nitrogen and oxygen atoms in total. The molecular weight excluding hydrogens is 412 g/mol. The van der Waals surface area contributed by atoms with Crippen LogP contribution in [0.3, 0.4) is 0 Å². The molecule has 0 fully saturated rings. The molecule has 162 valence electrons. The Bertz CT molecular complexity index is 1110. The molecule has 1 atom stereocenters. The molecule has 0 aliphatic heterocycles. The fourth-order valence-electron chi connectivity index (χ4n) is 3.16. The predicted molar refractivity (Wildman–Crippen MR) is 124 cm³/mol. The number of para-hydroxylation sites is 1. The van der Waals surface area contributed by atoms with E-state index in [-0.39, 0.29) is 0 Å². The van der Waals surface area contributed by atoms with E-state index in [1.165, 1.54) is 0 Å². The molecule has 31 heavy (non-hydrogen) atoms. The normalized spacial score (nSPS) is 12.1. The lowest BCUT2D eigenvalue weighted by atomic mass is 10.1. The molecule has 0 radical (unpaired) electrons. The monoisotopic (exact) mass is 438 g/mol. The van der Waals surface area contributed by atoms with Gasteiger partial charge in [-0.1, -0.05) is 37.3 Å². The van der Waals surface area contributed by atoms with Crippen LogP contribution in [0.25, 0.3) is 0 Å². The van der Waals surface area contributed by atoms with E-state index in [0.717, 1.165) is 22.5 Å². The lowest BCUT2D eigenvalue weighted by Crippen LogP contribution is -2.45. The summed E-state index contributed by atoms with van der Waals surface area (Å²) in [4.78, 5) is 12.8. The number of carbonyl (C=O) groups excluding carboxylic acids is 1. The number of anilines is 2. The van der Waals surface area contributed by atoms with Crippen molar-refractivity contribution < 1.29 is 17.9 Å². The fourth-order valence-corrected chi connectivity index (χ4v) is 4.34. The zero-order valence-electron chi connectivity index (χ0n) is 17.8. The third kappa shape index (κ3) is 5.86. The Morgan fingerprint density at radius 2 is 1.52 bits per heavy atom. The maximum atomic E-state index is 12.8. The number of amides is 1. The minimum Gasteiger partial charge on any atom is -0.457 e. The summed E-state index contributed by atoms with van der Waals surface area (Å²) in [5.74, 6) is 0.827. The molecule has 7 heteroatoms. The van der Waals surface area contributed by atoms with Gasteiger partial charge in [0.25, 0.3) is 0 Å². The molecule has 0 spiro atoms. The van der Waals surface area contributed by atoms with E-state index in [4.69, 9.17) is 4.74 Å². The van der Waals surface area contributed by atoms with Crippen LogP contribution in [0.15, 0.2) is 78.9 Å². The SMILES string of the molecule is CCc1ccc(NC(=O)[C@H](C)N(c2ccc(Oc3ccccc3)cc2)S(C)(=O)=O)cc1. The maximum absolute atomic E-state index is 12.8. The van der Waals surface area contributed by atoms with Crippen LogP contribution < -0.4 is 14.4 Å². The van der Waals surface area contributed by atoms with E-state index in [9.17, 15) is 13.2 Å². The number of nitrogens with one attached hydrogen (secondary N) is 1. The molecule has 0 aliphatic rings. The average molecular weight is 439 g/mol. The first-order valence-electron chi connectivity index (χ1n) is 10.00. The van der Waals surface area contributed by atoms with Crippen molar-refractivity contribution in [2.45, 2.75) is 26.3 Å². The Morgan fingerprint density at radius 3 is 2.06 bits per heavy atom. The Hall–Kier alpha value is -3.32.